The second kappa shape index (κ2) is 10.2. The average molecular weight is 300 g/mol. The van der Waals surface area contributed by atoms with Crippen molar-refractivity contribution in [2.45, 2.75) is 64.3 Å². The van der Waals surface area contributed by atoms with E-state index in [1.54, 1.807) is 12.1 Å². The topological polar surface area (TPSA) is 12.0 Å². The summed E-state index contributed by atoms with van der Waals surface area (Å²) in [5.41, 5.74) is 0.725. The second-order valence-corrected chi connectivity index (χ2v) is 5.85. The van der Waals surface area contributed by atoms with Gasteiger partial charge in [-0.1, -0.05) is 69.5 Å². The molecule has 0 aliphatic carbocycles. The molecule has 0 bridgehead atoms. The van der Waals surface area contributed by atoms with Crippen molar-refractivity contribution in [3.05, 3.63) is 34.6 Å². The van der Waals surface area contributed by atoms with E-state index >= 15 is 0 Å². The SMILES string of the molecule is CCCCCCCCCC(NC)c1ccc(Cl)cc1F. The number of halogens is 2. The fourth-order valence-electron chi connectivity index (χ4n) is 2.55. The molecule has 1 aromatic rings. The number of hydrogen-bond donors (Lipinski definition) is 1. The lowest BCUT2D eigenvalue weighted by Gasteiger charge is -2.17. The van der Waals surface area contributed by atoms with Crippen molar-refractivity contribution >= 4 is 11.6 Å². The number of hydrogen-bond acceptors (Lipinski definition) is 1. The zero-order valence-electron chi connectivity index (χ0n) is 12.7. The Kier molecular flexibility index (Phi) is 8.88. The van der Waals surface area contributed by atoms with E-state index in [9.17, 15) is 4.39 Å². The standard InChI is InChI=1S/C17H27ClFN/c1-3-4-5-6-7-8-9-10-17(20-2)15-12-11-14(18)13-16(15)19/h11-13,17,20H,3-10H2,1-2H3. The zero-order valence-corrected chi connectivity index (χ0v) is 13.5. The van der Waals surface area contributed by atoms with Crippen LogP contribution in [0.2, 0.25) is 5.02 Å². The molecule has 1 aromatic carbocycles. The first-order valence-electron chi connectivity index (χ1n) is 7.81. The number of unbranched alkanes of at least 4 members (excludes halogenated alkanes) is 6. The van der Waals surface area contributed by atoms with Crippen LogP contribution in [0.15, 0.2) is 18.2 Å². The molecule has 3 heteroatoms. The predicted octanol–water partition coefficient (Wildman–Crippen LogP) is 5.88. The highest BCUT2D eigenvalue weighted by Crippen LogP contribution is 2.25. The minimum atomic E-state index is -0.209. The molecule has 0 radical (unpaired) electrons. The van der Waals surface area contributed by atoms with Gasteiger partial charge in [-0.3, -0.25) is 0 Å². The van der Waals surface area contributed by atoms with E-state index in [-0.39, 0.29) is 11.9 Å². The summed E-state index contributed by atoms with van der Waals surface area (Å²) in [5, 5.41) is 3.66. The summed E-state index contributed by atoms with van der Waals surface area (Å²) >= 11 is 5.79. The molecule has 20 heavy (non-hydrogen) atoms. The Balaban J connectivity index is 2.32. The van der Waals surface area contributed by atoms with Gasteiger partial charge in [-0.15, -0.1) is 0 Å². The molecule has 0 aliphatic rings. The molecule has 1 unspecified atom stereocenters. The Morgan fingerprint density at radius 2 is 1.75 bits per heavy atom. The van der Waals surface area contributed by atoms with Crippen LogP contribution >= 0.6 is 11.6 Å². The van der Waals surface area contributed by atoms with Crippen LogP contribution in [0.3, 0.4) is 0 Å². The third kappa shape index (κ3) is 6.23. The molecule has 0 amide bonds. The summed E-state index contributed by atoms with van der Waals surface area (Å²) in [7, 11) is 1.89. The van der Waals surface area contributed by atoms with Crippen LogP contribution in [0, 0.1) is 5.82 Å². The molecule has 0 spiro atoms. The van der Waals surface area contributed by atoms with E-state index in [1.165, 1.54) is 44.6 Å². The van der Waals surface area contributed by atoms with Gasteiger partial charge in [-0.25, -0.2) is 4.39 Å². The molecular weight excluding hydrogens is 273 g/mol. The molecule has 1 nitrogen and oxygen atoms in total. The van der Waals surface area contributed by atoms with Crippen molar-refractivity contribution in [2.75, 3.05) is 7.05 Å². The lowest BCUT2D eigenvalue weighted by Crippen LogP contribution is -2.17. The Labute approximate surface area is 127 Å². The first-order valence-corrected chi connectivity index (χ1v) is 8.19. The van der Waals surface area contributed by atoms with E-state index < -0.39 is 0 Å². The maximum absolute atomic E-state index is 13.9. The van der Waals surface area contributed by atoms with Crippen LogP contribution in [0.1, 0.15) is 69.9 Å². The molecular formula is C17H27ClFN. The van der Waals surface area contributed by atoms with Gasteiger partial charge >= 0.3 is 0 Å². The highest BCUT2D eigenvalue weighted by Gasteiger charge is 2.13. The first-order chi connectivity index (χ1) is 9.69. The Morgan fingerprint density at radius 3 is 2.35 bits per heavy atom. The van der Waals surface area contributed by atoms with Crippen molar-refractivity contribution in [3.63, 3.8) is 0 Å². The van der Waals surface area contributed by atoms with Crippen LogP contribution < -0.4 is 5.32 Å². The van der Waals surface area contributed by atoms with E-state index in [1.807, 2.05) is 7.05 Å². The molecule has 114 valence electrons. The molecule has 0 fully saturated rings. The van der Waals surface area contributed by atoms with Gasteiger partial charge in [0.25, 0.3) is 0 Å². The summed E-state index contributed by atoms with van der Waals surface area (Å²) in [5.74, 6) is -0.209. The Hall–Kier alpha value is -0.600. The second-order valence-electron chi connectivity index (χ2n) is 5.42. The summed E-state index contributed by atoms with van der Waals surface area (Å²) in [6.45, 7) is 2.23. The maximum Gasteiger partial charge on any atom is 0.129 e. The van der Waals surface area contributed by atoms with Gasteiger partial charge in [-0.2, -0.15) is 0 Å². The molecule has 0 aromatic heterocycles. The number of rotatable bonds is 10. The predicted molar refractivity (Wildman–Crippen MR) is 85.8 cm³/mol. The minimum absolute atomic E-state index is 0.0860. The van der Waals surface area contributed by atoms with Crippen LogP contribution in [0.5, 0.6) is 0 Å². The highest BCUT2D eigenvalue weighted by molar-refractivity contribution is 6.30. The smallest absolute Gasteiger partial charge is 0.129 e. The molecule has 0 aliphatic heterocycles. The van der Waals surface area contributed by atoms with Crippen molar-refractivity contribution in [2.24, 2.45) is 0 Å². The van der Waals surface area contributed by atoms with Crippen molar-refractivity contribution in [1.82, 2.24) is 5.32 Å². The van der Waals surface area contributed by atoms with E-state index in [2.05, 4.69) is 12.2 Å². The van der Waals surface area contributed by atoms with Crippen LogP contribution in [-0.2, 0) is 0 Å². The number of nitrogens with one attached hydrogen (secondary N) is 1. The monoisotopic (exact) mass is 299 g/mol. The lowest BCUT2D eigenvalue weighted by atomic mass is 9.99. The summed E-state index contributed by atoms with van der Waals surface area (Å²) < 4.78 is 13.9. The summed E-state index contributed by atoms with van der Waals surface area (Å²) in [6, 6.07) is 5.03. The van der Waals surface area contributed by atoms with E-state index in [4.69, 9.17) is 11.6 Å². The third-order valence-electron chi connectivity index (χ3n) is 3.78. The first kappa shape index (κ1) is 17.5. The largest absolute Gasteiger partial charge is 0.313 e. The van der Waals surface area contributed by atoms with Crippen LogP contribution in [-0.4, -0.2) is 7.05 Å². The van der Waals surface area contributed by atoms with E-state index in [0.717, 1.165) is 18.4 Å². The zero-order chi connectivity index (χ0) is 14.8. The molecule has 0 saturated carbocycles. The Morgan fingerprint density at radius 1 is 1.10 bits per heavy atom. The normalized spacial score (nSPS) is 12.6. The molecule has 0 saturated heterocycles. The summed E-state index contributed by atoms with van der Waals surface area (Å²) in [6.07, 6.45) is 9.94. The number of benzene rings is 1. The van der Waals surface area contributed by atoms with Gasteiger partial charge in [0.15, 0.2) is 0 Å². The maximum atomic E-state index is 13.9. The van der Waals surface area contributed by atoms with E-state index in [0.29, 0.717) is 5.02 Å². The third-order valence-corrected chi connectivity index (χ3v) is 4.02. The van der Waals surface area contributed by atoms with Crippen molar-refractivity contribution in [1.29, 1.82) is 0 Å². The summed E-state index contributed by atoms with van der Waals surface area (Å²) in [4.78, 5) is 0. The van der Waals surface area contributed by atoms with Crippen molar-refractivity contribution in [3.8, 4) is 0 Å². The van der Waals surface area contributed by atoms with Gasteiger partial charge in [-0.05, 0) is 25.6 Å². The fourth-order valence-corrected chi connectivity index (χ4v) is 2.70. The minimum Gasteiger partial charge on any atom is -0.313 e. The molecule has 0 heterocycles. The Bertz CT molecular complexity index is 381. The molecule has 1 atom stereocenters. The fraction of sp³-hybridized carbons (Fsp3) is 0.647. The van der Waals surface area contributed by atoms with Crippen LogP contribution in [0.4, 0.5) is 4.39 Å². The van der Waals surface area contributed by atoms with Crippen molar-refractivity contribution < 1.29 is 4.39 Å². The molecule has 1 rings (SSSR count). The van der Waals surface area contributed by atoms with Gasteiger partial charge in [0.1, 0.15) is 5.82 Å². The van der Waals surface area contributed by atoms with Gasteiger partial charge in [0.05, 0.1) is 0 Å². The lowest BCUT2D eigenvalue weighted by molar-refractivity contribution is 0.475. The molecule has 1 N–H and O–H groups in total. The van der Waals surface area contributed by atoms with Gasteiger partial charge < -0.3 is 5.32 Å². The van der Waals surface area contributed by atoms with Gasteiger partial charge in [0.2, 0.25) is 0 Å². The quantitative estimate of drug-likeness (QED) is 0.532. The average Bonchev–Trinajstić information content (AvgIpc) is 2.43. The van der Waals surface area contributed by atoms with Gasteiger partial charge in [0, 0.05) is 16.6 Å². The highest BCUT2D eigenvalue weighted by atomic mass is 35.5. The van der Waals surface area contributed by atoms with Crippen LogP contribution in [0.25, 0.3) is 0 Å².